The van der Waals surface area contributed by atoms with E-state index in [1.807, 2.05) is 0 Å². The van der Waals surface area contributed by atoms with Crippen LogP contribution in [0.3, 0.4) is 0 Å². The lowest BCUT2D eigenvalue weighted by Crippen LogP contribution is -2.35. The minimum Gasteiger partial charge on any atom is -0.382 e. The number of aromatic nitrogens is 2. The normalized spacial score (nSPS) is 20.8. The predicted octanol–water partition coefficient (Wildman–Crippen LogP) is 0.997. The van der Waals surface area contributed by atoms with Crippen molar-refractivity contribution in [2.24, 2.45) is 11.7 Å². The van der Waals surface area contributed by atoms with Gasteiger partial charge >= 0.3 is 0 Å². The standard InChI is InChI=1S/C11H17N5/c1-8-3-2-6-16(7-8)11-14-5-4-9(15-11)10(12)13/h4-5,8H,2-3,6-7H2,1H3,(H3,12,13). The molecule has 1 atom stereocenters. The summed E-state index contributed by atoms with van der Waals surface area (Å²) in [7, 11) is 0. The van der Waals surface area contributed by atoms with Gasteiger partial charge in [-0.2, -0.15) is 0 Å². The number of piperidine rings is 1. The Morgan fingerprint density at radius 3 is 3.12 bits per heavy atom. The van der Waals surface area contributed by atoms with Crippen molar-refractivity contribution in [2.75, 3.05) is 18.0 Å². The Balaban J connectivity index is 2.19. The second kappa shape index (κ2) is 4.47. The van der Waals surface area contributed by atoms with Gasteiger partial charge < -0.3 is 10.6 Å². The Bertz CT molecular complexity index is 390. The molecule has 0 aromatic carbocycles. The third kappa shape index (κ3) is 2.29. The van der Waals surface area contributed by atoms with Gasteiger partial charge in [-0.1, -0.05) is 6.92 Å². The van der Waals surface area contributed by atoms with Crippen LogP contribution in [0.4, 0.5) is 5.95 Å². The van der Waals surface area contributed by atoms with E-state index in [1.165, 1.54) is 12.8 Å². The van der Waals surface area contributed by atoms with Crippen LogP contribution in [0.1, 0.15) is 25.5 Å². The van der Waals surface area contributed by atoms with E-state index < -0.39 is 0 Å². The van der Waals surface area contributed by atoms with Crippen LogP contribution in [0, 0.1) is 11.3 Å². The summed E-state index contributed by atoms with van der Waals surface area (Å²) in [6, 6.07) is 1.67. The molecule has 0 spiro atoms. The molecule has 1 aromatic rings. The molecule has 1 unspecified atom stereocenters. The summed E-state index contributed by atoms with van der Waals surface area (Å²) in [5.74, 6) is 1.37. The number of nitrogen functional groups attached to an aromatic ring is 1. The third-order valence-corrected chi connectivity index (χ3v) is 2.86. The smallest absolute Gasteiger partial charge is 0.225 e. The van der Waals surface area contributed by atoms with E-state index in [1.54, 1.807) is 12.3 Å². The number of amidine groups is 1. The lowest BCUT2D eigenvalue weighted by Gasteiger charge is -2.30. The molecular formula is C11H17N5. The number of hydrogen-bond acceptors (Lipinski definition) is 4. The maximum absolute atomic E-state index is 7.35. The van der Waals surface area contributed by atoms with Gasteiger partial charge in [-0.15, -0.1) is 0 Å². The largest absolute Gasteiger partial charge is 0.382 e. The number of hydrogen-bond donors (Lipinski definition) is 2. The highest BCUT2D eigenvalue weighted by atomic mass is 15.3. The summed E-state index contributed by atoms with van der Waals surface area (Å²) in [4.78, 5) is 10.7. The molecular weight excluding hydrogens is 202 g/mol. The molecule has 1 fully saturated rings. The number of nitrogens with zero attached hydrogens (tertiary/aromatic N) is 3. The van der Waals surface area contributed by atoms with E-state index in [-0.39, 0.29) is 5.84 Å². The highest BCUT2D eigenvalue weighted by Gasteiger charge is 2.18. The van der Waals surface area contributed by atoms with E-state index in [4.69, 9.17) is 11.1 Å². The summed E-state index contributed by atoms with van der Waals surface area (Å²) in [6.07, 6.45) is 4.11. The predicted molar refractivity (Wildman–Crippen MR) is 63.7 cm³/mol. The second-order valence-electron chi connectivity index (χ2n) is 4.35. The molecule has 0 saturated carbocycles. The summed E-state index contributed by atoms with van der Waals surface area (Å²) in [5.41, 5.74) is 5.92. The molecule has 5 nitrogen and oxygen atoms in total. The van der Waals surface area contributed by atoms with Crippen molar-refractivity contribution in [1.82, 2.24) is 9.97 Å². The molecule has 16 heavy (non-hydrogen) atoms. The minimum atomic E-state index is -0.00583. The van der Waals surface area contributed by atoms with Crippen LogP contribution < -0.4 is 10.6 Å². The van der Waals surface area contributed by atoms with Gasteiger partial charge in [0.1, 0.15) is 11.5 Å². The maximum Gasteiger partial charge on any atom is 0.225 e. The van der Waals surface area contributed by atoms with Crippen molar-refractivity contribution in [1.29, 1.82) is 5.41 Å². The van der Waals surface area contributed by atoms with Gasteiger partial charge in [0.05, 0.1) is 0 Å². The van der Waals surface area contributed by atoms with Gasteiger partial charge in [0.25, 0.3) is 0 Å². The van der Waals surface area contributed by atoms with Crippen molar-refractivity contribution >= 4 is 11.8 Å². The van der Waals surface area contributed by atoms with Gasteiger partial charge in [-0.25, -0.2) is 9.97 Å². The van der Waals surface area contributed by atoms with E-state index in [0.29, 0.717) is 17.6 Å². The molecule has 5 heteroatoms. The van der Waals surface area contributed by atoms with Crippen molar-refractivity contribution in [3.05, 3.63) is 18.0 Å². The fraction of sp³-hybridized carbons (Fsp3) is 0.545. The fourth-order valence-corrected chi connectivity index (χ4v) is 2.02. The van der Waals surface area contributed by atoms with Crippen LogP contribution in [0.15, 0.2) is 12.3 Å². The minimum absolute atomic E-state index is 0.00583. The topological polar surface area (TPSA) is 78.9 Å². The zero-order valence-electron chi connectivity index (χ0n) is 9.48. The fourth-order valence-electron chi connectivity index (χ4n) is 2.02. The zero-order valence-corrected chi connectivity index (χ0v) is 9.48. The van der Waals surface area contributed by atoms with Gasteiger partial charge in [0.15, 0.2) is 0 Å². The molecule has 1 saturated heterocycles. The Morgan fingerprint density at radius 1 is 1.62 bits per heavy atom. The van der Waals surface area contributed by atoms with Crippen LogP contribution in [-0.2, 0) is 0 Å². The summed E-state index contributed by atoms with van der Waals surface area (Å²) in [6.45, 7) is 4.22. The molecule has 1 aliphatic rings. The number of rotatable bonds is 2. The van der Waals surface area contributed by atoms with Crippen LogP contribution in [0.25, 0.3) is 0 Å². The molecule has 86 valence electrons. The molecule has 2 heterocycles. The number of nitrogens with one attached hydrogen (secondary N) is 1. The third-order valence-electron chi connectivity index (χ3n) is 2.86. The van der Waals surface area contributed by atoms with Gasteiger partial charge in [-0.05, 0) is 24.8 Å². The van der Waals surface area contributed by atoms with Crippen LogP contribution in [0.2, 0.25) is 0 Å². The van der Waals surface area contributed by atoms with Crippen LogP contribution >= 0.6 is 0 Å². The van der Waals surface area contributed by atoms with E-state index in [0.717, 1.165) is 13.1 Å². The van der Waals surface area contributed by atoms with E-state index in [9.17, 15) is 0 Å². The summed E-state index contributed by atoms with van der Waals surface area (Å²) < 4.78 is 0. The first-order chi connectivity index (χ1) is 7.66. The Hall–Kier alpha value is -1.65. The molecule has 3 N–H and O–H groups in total. The van der Waals surface area contributed by atoms with Gasteiger partial charge in [0.2, 0.25) is 5.95 Å². The Kier molecular flexibility index (Phi) is 3.03. The SMILES string of the molecule is CC1CCCN(c2nccc(C(=N)N)n2)C1. The summed E-state index contributed by atoms with van der Waals surface area (Å²) in [5, 5.41) is 7.35. The molecule has 0 radical (unpaired) electrons. The van der Waals surface area contributed by atoms with Crippen molar-refractivity contribution in [3.63, 3.8) is 0 Å². The first kappa shape index (κ1) is 10.9. The average molecular weight is 219 g/mol. The molecule has 0 amide bonds. The van der Waals surface area contributed by atoms with Gasteiger partial charge in [-0.3, -0.25) is 5.41 Å². The average Bonchev–Trinajstić information content (AvgIpc) is 2.29. The highest BCUT2D eigenvalue weighted by Crippen LogP contribution is 2.19. The second-order valence-corrected chi connectivity index (χ2v) is 4.35. The number of nitrogens with two attached hydrogens (primary N) is 1. The van der Waals surface area contributed by atoms with Gasteiger partial charge in [0, 0.05) is 19.3 Å². The molecule has 1 aromatic heterocycles. The lowest BCUT2D eigenvalue weighted by molar-refractivity contribution is 0.442. The maximum atomic E-state index is 7.35. The first-order valence-corrected chi connectivity index (χ1v) is 5.59. The monoisotopic (exact) mass is 219 g/mol. The van der Waals surface area contributed by atoms with Crippen molar-refractivity contribution in [2.45, 2.75) is 19.8 Å². The molecule has 2 rings (SSSR count). The van der Waals surface area contributed by atoms with Crippen LogP contribution in [-0.4, -0.2) is 28.9 Å². The molecule has 1 aliphatic heterocycles. The quantitative estimate of drug-likeness (QED) is 0.574. The van der Waals surface area contributed by atoms with Crippen molar-refractivity contribution in [3.8, 4) is 0 Å². The molecule has 0 bridgehead atoms. The molecule has 0 aliphatic carbocycles. The zero-order chi connectivity index (χ0) is 11.5. The number of anilines is 1. The Labute approximate surface area is 95.2 Å². The Morgan fingerprint density at radius 2 is 2.44 bits per heavy atom. The van der Waals surface area contributed by atoms with E-state index >= 15 is 0 Å². The first-order valence-electron chi connectivity index (χ1n) is 5.59. The summed E-state index contributed by atoms with van der Waals surface area (Å²) >= 11 is 0. The highest BCUT2D eigenvalue weighted by molar-refractivity contribution is 5.93. The van der Waals surface area contributed by atoms with Crippen LogP contribution in [0.5, 0.6) is 0 Å². The van der Waals surface area contributed by atoms with E-state index in [2.05, 4.69) is 21.8 Å². The van der Waals surface area contributed by atoms with Crippen molar-refractivity contribution < 1.29 is 0 Å². The lowest BCUT2D eigenvalue weighted by atomic mass is 10.0.